The fourth-order valence-corrected chi connectivity index (χ4v) is 5.11. The lowest BCUT2D eigenvalue weighted by Gasteiger charge is -2.20. The molecule has 0 aliphatic rings. The standard InChI is InChI=1S/C33H27NO2/c1-19-18-34-28(14-21(19)17-33(2,3)4)25-11-7-10-23-26-15-30-27(16-29(26)36-32(23)25)24-13-12-20-8-5-6-9-22(20)31(24)35-30/h5-16,18H,17H2,1-4H3/i1D3,17D2. The summed E-state index contributed by atoms with van der Waals surface area (Å²) in [6.07, 6.45) is -0.641. The fraction of sp³-hybridized carbons (Fsp3) is 0.182. The van der Waals surface area contributed by atoms with Crippen LogP contribution in [0.2, 0.25) is 0 Å². The van der Waals surface area contributed by atoms with Crippen molar-refractivity contribution in [2.45, 2.75) is 34.0 Å². The monoisotopic (exact) mass is 474 g/mol. The zero-order chi connectivity index (χ0) is 28.9. The van der Waals surface area contributed by atoms with E-state index in [4.69, 9.17) is 15.7 Å². The van der Waals surface area contributed by atoms with Crippen molar-refractivity contribution in [2.75, 3.05) is 0 Å². The Hall–Kier alpha value is -4.11. The molecule has 0 aliphatic carbocycles. The average molecular weight is 475 g/mol. The van der Waals surface area contributed by atoms with Crippen LogP contribution in [0.25, 0.3) is 65.9 Å². The Morgan fingerprint density at radius 1 is 0.778 bits per heavy atom. The smallest absolute Gasteiger partial charge is 0.144 e. The maximum atomic E-state index is 8.89. The molecule has 0 N–H and O–H groups in total. The second-order valence-electron chi connectivity index (χ2n) is 10.4. The quantitative estimate of drug-likeness (QED) is 0.250. The molecule has 0 amide bonds. The van der Waals surface area contributed by atoms with E-state index in [0.29, 0.717) is 22.4 Å². The van der Waals surface area contributed by atoms with Crippen LogP contribution in [0.4, 0.5) is 0 Å². The summed E-state index contributed by atoms with van der Waals surface area (Å²) in [6.45, 7) is 2.78. The van der Waals surface area contributed by atoms with Crippen molar-refractivity contribution < 1.29 is 15.7 Å². The SMILES string of the molecule is [2H]C([2H])([2H])c1cnc(-c2cccc3c2oc2cc4c(cc23)oc2c3ccccc3ccc42)cc1C([2H])([2H])C(C)(C)C. The van der Waals surface area contributed by atoms with E-state index in [1.54, 1.807) is 26.8 Å². The Morgan fingerprint density at radius 3 is 2.28 bits per heavy atom. The highest BCUT2D eigenvalue weighted by Gasteiger charge is 2.19. The molecule has 0 saturated heterocycles. The molecule has 7 rings (SSSR count). The Labute approximate surface area is 216 Å². The Balaban J connectivity index is 1.46. The summed E-state index contributed by atoms with van der Waals surface area (Å²) in [5, 5.41) is 5.90. The largest absolute Gasteiger partial charge is 0.455 e. The molecule has 3 aromatic heterocycles. The maximum absolute atomic E-state index is 8.89. The molecular weight excluding hydrogens is 442 g/mol. The first-order valence-corrected chi connectivity index (χ1v) is 12.1. The summed E-state index contributed by atoms with van der Waals surface area (Å²) >= 11 is 0. The van der Waals surface area contributed by atoms with Gasteiger partial charge in [0.25, 0.3) is 0 Å². The molecule has 3 heteroatoms. The molecule has 0 spiro atoms. The predicted molar refractivity (Wildman–Crippen MR) is 150 cm³/mol. The Kier molecular flexibility index (Phi) is 3.42. The van der Waals surface area contributed by atoms with Gasteiger partial charge < -0.3 is 8.83 Å². The Bertz CT molecular complexity index is 2160. The van der Waals surface area contributed by atoms with Gasteiger partial charge in [-0.15, -0.1) is 0 Å². The third-order valence-electron chi connectivity index (χ3n) is 6.67. The number of aromatic nitrogens is 1. The van der Waals surface area contributed by atoms with Crippen molar-refractivity contribution in [3.05, 3.63) is 90.1 Å². The van der Waals surface area contributed by atoms with Crippen LogP contribution >= 0.6 is 0 Å². The third kappa shape index (κ3) is 3.23. The molecule has 0 atom stereocenters. The summed E-state index contributed by atoms with van der Waals surface area (Å²) < 4.78 is 54.7. The number of para-hydroxylation sites is 1. The van der Waals surface area contributed by atoms with Gasteiger partial charge in [-0.3, -0.25) is 4.98 Å². The first-order chi connectivity index (χ1) is 19.3. The summed E-state index contributed by atoms with van der Waals surface area (Å²) in [6, 6.07) is 23.6. The van der Waals surface area contributed by atoms with Crippen molar-refractivity contribution in [3.8, 4) is 11.3 Å². The lowest BCUT2D eigenvalue weighted by Crippen LogP contribution is -2.10. The zero-order valence-corrected chi connectivity index (χ0v) is 20.3. The molecule has 0 unspecified atom stereocenters. The van der Waals surface area contributed by atoms with Crippen LogP contribution in [0.5, 0.6) is 0 Å². The van der Waals surface area contributed by atoms with Crippen molar-refractivity contribution in [1.29, 1.82) is 0 Å². The van der Waals surface area contributed by atoms with Gasteiger partial charge >= 0.3 is 0 Å². The summed E-state index contributed by atoms with van der Waals surface area (Å²) in [4.78, 5) is 4.50. The number of hydrogen-bond acceptors (Lipinski definition) is 3. The molecule has 3 nitrogen and oxygen atoms in total. The van der Waals surface area contributed by atoms with Crippen LogP contribution in [0.1, 0.15) is 38.8 Å². The number of fused-ring (bicyclic) bond motifs is 8. The second kappa shape index (κ2) is 7.44. The lowest BCUT2D eigenvalue weighted by atomic mass is 9.86. The molecule has 0 radical (unpaired) electrons. The summed E-state index contributed by atoms with van der Waals surface area (Å²) in [7, 11) is 0. The molecule has 0 aliphatic heterocycles. The van der Waals surface area contributed by atoms with E-state index >= 15 is 0 Å². The minimum absolute atomic E-state index is 0.0854. The third-order valence-corrected chi connectivity index (χ3v) is 6.67. The van der Waals surface area contributed by atoms with Gasteiger partial charge in [0.2, 0.25) is 0 Å². The van der Waals surface area contributed by atoms with Crippen molar-refractivity contribution in [3.63, 3.8) is 0 Å². The molecule has 36 heavy (non-hydrogen) atoms. The van der Waals surface area contributed by atoms with E-state index in [2.05, 4.69) is 29.2 Å². The van der Waals surface area contributed by atoms with E-state index in [1.807, 2.05) is 42.5 Å². The number of aryl methyl sites for hydroxylation is 1. The van der Waals surface area contributed by atoms with Crippen molar-refractivity contribution >= 4 is 54.6 Å². The first kappa shape index (κ1) is 16.5. The fourth-order valence-electron chi connectivity index (χ4n) is 5.11. The van der Waals surface area contributed by atoms with Crippen LogP contribution in [0.3, 0.4) is 0 Å². The molecule has 176 valence electrons. The van der Waals surface area contributed by atoms with E-state index in [-0.39, 0.29) is 11.1 Å². The highest BCUT2D eigenvalue weighted by atomic mass is 16.3. The Morgan fingerprint density at radius 2 is 1.50 bits per heavy atom. The summed E-state index contributed by atoms with van der Waals surface area (Å²) in [5.74, 6) is 0. The minimum Gasteiger partial charge on any atom is -0.455 e. The van der Waals surface area contributed by atoms with Gasteiger partial charge in [0.15, 0.2) is 0 Å². The number of hydrogen-bond donors (Lipinski definition) is 0. The number of pyridine rings is 1. The van der Waals surface area contributed by atoms with Crippen LogP contribution in [0, 0.1) is 12.3 Å². The molecule has 0 bridgehead atoms. The van der Waals surface area contributed by atoms with Crippen LogP contribution in [0.15, 0.2) is 87.8 Å². The van der Waals surface area contributed by atoms with Crippen molar-refractivity contribution in [2.24, 2.45) is 5.41 Å². The number of furan rings is 2. The van der Waals surface area contributed by atoms with Gasteiger partial charge in [-0.25, -0.2) is 0 Å². The van der Waals surface area contributed by atoms with Gasteiger partial charge in [-0.2, -0.15) is 0 Å². The van der Waals surface area contributed by atoms with Gasteiger partial charge in [0, 0.05) is 45.5 Å². The second-order valence-corrected chi connectivity index (χ2v) is 10.4. The van der Waals surface area contributed by atoms with E-state index < -0.39 is 18.6 Å². The summed E-state index contributed by atoms with van der Waals surface area (Å²) in [5.41, 5.74) is 3.19. The van der Waals surface area contributed by atoms with Crippen LogP contribution in [-0.2, 0) is 6.37 Å². The van der Waals surface area contributed by atoms with E-state index in [1.165, 1.54) is 6.20 Å². The van der Waals surface area contributed by atoms with Crippen molar-refractivity contribution in [1.82, 2.24) is 4.98 Å². The van der Waals surface area contributed by atoms with Crippen LogP contribution in [-0.4, -0.2) is 4.98 Å². The van der Waals surface area contributed by atoms with Gasteiger partial charge in [-0.05, 0) is 65.5 Å². The molecule has 0 fully saturated rings. The number of benzene rings is 4. The van der Waals surface area contributed by atoms with E-state index in [0.717, 1.165) is 43.5 Å². The topological polar surface area (TPSA) is 39.2 Å². The number of nitrogens with zero attached hydrogens (tertiary/aromatic N) is 1. The molecule has 0 saturated carbocycles. The minimum atomic E-state index is -2.51. The normalized spacial score (nSPS) is 15.4. The van der Waals surface area contributed by atoms with E-state index in [9.17, 15) is 0 Å². The number of rotatable bonds is 2. The highest BCUT2D eigenvalue weighted by molar-refractivity contribution is 6.19. The molecule has 4 aromatic carbocycles. The zero-order valence-electron chi connectivity index (χ0n) is 25.3. The molecule has 7 aromatic rings. The van der Waals surface area contributed by atoms with Crippen LogP contribution < -0.4 is 0 Å². The van der Waals surface area contributed by atoms with Gasteiger partial charge in [0.1, 0.15) is 22.3 Å². The average Bonchev–Trinajstić information content (AvgIpc) is 3.48. The molecule has 3 heterocycles. The predicted octanol–water partition coefficient (Wildman–Crippen LogP) is 9.60. The lowest BCUT2D eigenvalue weighted by molar-refractivity contribution is 0.410. The van der Waals surface area contributed by atoms with Gasteiger partial charge in [0.05, 0.1) is 5.69 Å². The maximum Gasteiger partial charge on any atom is 0.144 e. The first-order valence-electron chi connectivity index (χ1n) is 14.6. The van der Waals surface area contributed by atoms with Gasteiger partial charge in [-0.1, -0.05) is 63.2 Å². The highest BCUT2D eigenvalue weighted by Crippen LogP contribution is 2.41. The molecular formula is C33H27NO2.